The van der Waals surface area contributed by atoms with E-state index in [1.54, 1.807) is 11.6 Å². The summed E-state index contributed by atoms with van der Waals surface area (Å²) in [5.74, 6) is 0.680. The molecule has 74 valence electrons. The number of benzene rings is 1. The van der Waals surface area contributed by atoms with Crippen LogP contribution in [-0.2, 0) is 0 Å². The molecule has 0 spiro atoms. The Kier molecular flexibility index (Phi) is 1.83. The Balaban J connectivity index is 2.38. The minimum Gasteiger partial charge on any atom is -0.590 e. The largest absolute Gasteiger partial charge is 0.590 e. The van der Waals surface area contributed by atoms with Crippen LogP contribution in [0.4, 0.5) is 0 Å². The fourth-order valence-corrected chi connectivity index (χ4v) is 2.62. The molecule has 15 heavy (non-hydrogen) atoms. The van der Waals surface area contributed by atoms with Gasteiger partial charge < -0.3 is 9.39 Å². The first-order valence-corrected chi connectivity index (χ1v) is 5.70. The lowest BCUT2D eigenvalue weighted by Gasteiger charge is -2.02. The molecule has 0 bridgehead atoms. The second-order valence-corrected chi connectivity index (χ2v) is 4.51. The summed E-state index contributed by atoms with van der Waals surface area (Å²) in [5, 5.41) is 6.30. The first-order valence-electron chi connectivity index (χ1n) is 4.49. The molecule has 4 heteroatoms. The molecule has 0 amide bonds. The molecule has 3 nitrogen and oxygen atoms in total. The average molecular weight is 217 g/mol. The number of fused-ring (bicyclic) bond motifs is 3. The molecule has 0 N–H and O–H groups in total. The van der Waals surface area contributed by atoms with Gasteiger partial charge in [0.1, 0.15) is 5.38 Å². The molecule has 1 unspecified atom stereocenters. The fourth-order valence-electron chi connectivity index (χ4n) is 1.63. The summed E-state index contributed by atoms with van der Waals surface area (Å²) in [6.45, 7) is 0. The van der Waals surface area contributed by atoms with E-state index in [-0.39, 0.29) is 0 Å². The smallest absolute Gasteiger partial charge is 0.183 e. The van der Waals surface area contributed by atoms with Crippen LogP contribution in [0, 0.1) is 0 Å². The third kappa shape index (κ3) is 1.26. The van der Waals surface area contributed by atoms with Gasteiger partial charge in [-0.3, -0.25) is 0 Å². The molecule has 2 heterocycles. The lowest BCUT2D eigenvalue weighted by Crippen LogP contribution is -1.85. The van der Waals surface area contributed by atoms with Crippen LogP contribution in [0.1, 0.15) is 5.56 Å². The standard InChI is InChI=1S/C11H7NO2S/c13-15-7-5-9-10(15)4-3-8-2-1-6-12-14-11(8)9/h1-7H. The molecular formula is C11H7NO2S. The maximum absolute atomic E-state index is 11.5. The van der Waals surface area contributed by atoms with E-state index >= 15 is 0 Å². The highest BCUT2D eigenvalue weighted by molar-refractivity contribution is 7.30. The molecule has 0 saturated carbocycles. The van der Waals surface area contributed by atoms with E-state index in [4.69, 9.17) is 4.84 Å². The van der Waals surface area contributed by atoms with Crippen LogP contribution in [0.25, 0.3) is 16.2 Å². The van der Waals surface area contributed by atoms with E-state index in [0.717, 1.165) is 15.6 Å². The predicted molar refractivity (Wildman–Crippen MR) is 60.8 cm³/mol. The Hall–Kier alpha value is -1.65. The summed E-state index contributed by atoms with van der Waals surface area (Å²) < 4.78 is 12.3. The molecule has 0 fully saturated rings. The van der Waals surface area contributed by atoms with Gasteiger partial charge in [0.05, 0.1) is 11.6 Å². The Labute approximate surface area is 89.1 Å². The third-order valence-corrected chi connectivity index (χ3v) is 3.50. The van der Waals surface area contributed by atoms with Crippen LogP contribution in [0.5, 0.6) is 5.75 Å². The molecule has 1 atom stereocenters. The van der Waals surface area contributed by atoms with Crippen LogP contribution < -0.4 is 4.84 Å². The summed E-state index contributed by atoms with van der Waals surface area (Å²) in [7, 11) is -1.04. The van der Waals surface area contributed by atoms with Crippen molar-refractivity contribution in [1.29, 1.82) is 0 Å². The average Bonchev–Trinajstić information content (AvgIpc) is 2.51. The van der Waals surface area contributed by atoms with Crippen LogP contribution >= 0.6 is 10.8 Å². The molecule has 0 aliphatic carbocycles. The Bertz CT molecular complexity index is 584. The molecule has 0 saturated heterocycles. The molecule has 1 aliphatic rings. The van der Waals surface area contributed by atoms with Crippen molar-refractivity contribution in [2.45, 2.75) is 0 Å². The van der Waals surface area contributed by atoms with E-state index in [9.17, 15) is 4.55 Å². The maximum atomic E-state index is 11.5. The topological polar surface area (TPSA) is 44.7 Å². The van der Waals surface area contributed by atoms with Crippen molar-refractivity contribution < 1.29 is 9.39 Å². The lowest BCUT2D eigenvalue weighted by atomic mass is 10.1. The van der Waals surface area contributed by atoms with Crippen molar-refractivity contribution in [2.24, 2.45) is 5.16 Å². The first kappa shape index (κ1) is 8.64. The summed E-state index contributed by atoms with van der Waals surface area (Å²) in [4.78, 5) is 5.26. The number of rotatable bonds is 0. The van der Waals surface area contributed by atoms with E-state index < -0.39 is 10.8 Å². The summed E-state index contributed by atoms with van der Waals surface area (Å²) in [5.41, 5.74) is 0.954. The molecule has 1 aromatic heterocycles. The molecule has 1 aliphatic heterocycles. The van der Waals surface area contributed by atoms with Crippen LogP contribution in [-0.4, -0.2) is 10.8 Å². The molecule has 0 radical (unpaired) electrons. The van der Waals surface area contributed by atoms with Gasteiger partial charge in [0.2, 0.25) is 0 Å². The second-order valence-electron chi connectivity index (χ2n) is 3.20. The minimum absolute atomic E-state index is 0.680. The zero-order chi connectivity index (χ0) is 10.3. The highest BCUT2D eigenvalue weighted by atomic mass is 32.2. The van der Waals surface area contributed by atoms with Crippen LogP contribution in [0.2, 0.25) is 0 Å². The highest BCUT2D eigenvalue weighted by Gasteiger charge is 2.14. The molecule has 1 aromatic carbocycles. The number of thiophene rings is 1. The first-order chi connectivity index (χ1) is 7.36. The van der Waals surface area contributed by atoms with E-state index in [1.807, 2.05) is 30.4 Å². The van der Waals surface area contributed by atoms with Crippen LogP contribution in [0.3, 0.4) is 0 Å². The highest BCUT2D eigenvalue weighted by Crippen LogP contribution is 2.38. The van der Waals surface area contributed by atoms with E-state index in [1.165, 1.54) is 0 Å². The predicted octanol–water partition coefficient (Wildman–Crippen LogP) is 2.96. The third-order valence-electron chi connectivity index (χ3n) is 2.33. The van der Waals surface area contributed by atoms with Gasteiger partial charge in [-0.15, -0.1) is 0 Å². The van der Waals surface area contributed by atoms with Gasteiger partial charge in [-0.05, 0) is 35.0 Å². The number of allylic oxidation sites excluding steroid dienone is 1. The quantitative estimate of drug-likeness (QED) is 0.637. The second kappa shape index (κ2) is 3.18. The Morgan fingerprint density at radius 1 is 1.27 bits per heavy atom. The number of oxime groups is 1. The number of hydrogen-bond acceptors (Lipinski definition) is 3. The minimum atomic E-state index is -1.04. The van der Waals surface area contributed by atoms with Gasteiger partial charge in [0.25, 0.3) is 0 Å². The van der Waals surface area contributed by atoms with Crippen molar-refractivity contribution in [3.63, 3.8) is 0 Å². The summed E-state index contributed by atoms with van der Waals surface area (Å²) in [6, 6.07) is 5.58. The van der Waals surface area contributed by atoms with Gasteiger partial charge in [-0.25, -0.2) is 0 Å². The van der Waals surface area contributed by atoms with Gasteiger partial charge in [-0.1, -0.05) is 5.16 Å². The monoisotopic (exact) mass is 217 g/mol. The van der Waals surface area contributed by atoms with E-state index in [2.05, 4.69) is 5.16 Å². The number of nitrogens with zero attached hydrogens (tertiary/aromatic N) is 1. The van der Waals surface area contributed by atoms with Gasteiger partial charge >= 0.3 is 0 Å². The van der Waals surface area contributed by atoms with Gasteiger partial charge in [0.15, 0.2) is 10.4 Å². The van der Waals surface area contributed by atoms with Gasteiger partial charge in [-0.2, -0.15) is 0 Å². The Morgan fingerprint density at radius 2 is 2.20 bits per heavy atom. The van der Waals surface area contributed by atoms with Crippen molar-refractivity contribution in [1.82, 2.24) is 0 Å². The van der Waals surface area contributed by atoms with E-state index in [0.29, 0.717) is 5.75 Å². The van der Waals surface area contributed by atoms with Crippen LogP contribution in [0.15, 0.2) is 34.8 Å². The Morgan fingerprint density at radius 3 is 3.13 bits per heavy atom. The molecule has 2 aromatic rings. The lowest BCUT2D eigenvalue weighted by molar-refractivity contribution is 0.348. The zero-order valence-electron chi connectivity index (χ0n) is 7.71. The summed E-state index contributed by atoms with van der Waals surface area (Å²) in [6.07, 6.45) is 5.32. The zero-order valence-corrected chi connectivity index (χ0v) is 8.53. The SMILES string of the molecule is [O-][s+]1ccc2c3c(ccc21)C=CC=NO3. The van der Waals surface area contributed by atoms with Gasteiger partial charge in [0, 0.05) is 11.6 Å². The summed E-state index contributed by atoms with van der Waals surface area (Å²) >= 11 is 0. The van der Waals surface area contributed by atoms with Crippen molar-refractivity contribution in [2.75, 3.05) is 0 Å². The molecular weight excluding hydrogens is 210 g/mol. The fraction of sp³-hybridized carbons (Fsp3) is 0. The van der Waals surface area contributed by atoms with Crippen molar-refractivity contribution in [3.8, 4) is 5.75 Å². The van der Waals surface area contributed by atoms with Crippen molar-refractivity contribution in [3.05, 3.63) is 35.2 Å². The normalized spacial score (nSPS) is 14.9. The maximum Gasteiger partial charge on any atom is 0.183 e. The van der Waals surface area contributed by atoms with Crippen molar-refractivity contribution >= 4 is 33.1 Å². The number of hydrogen-bond donors (Lipinski definition) is 0. The molecule has 3 rings (SSSR count).